The lowest BCUT2D eigenvalue weighted by Crippen LogP contribution is -2.44. The van der Waals surface area contributed by atoms with Crippen LogP contribution in [0.25, 0.3) is 0 Å². The Labute approximate surface area is 177 Å². The van der Waals surface area contributed by atoms with Crippen LogP contribution in [0.1, 0.15) is 28.2 Å². The Bertz CT molecular complexity index is 1080. The van der Waals surface area contributed by atoms with Gasteiger partial charge in [0.1, 0.15) is 5.75 Å². The molecule has 4 nitrogen and oxygen atoms in total. The van der Waals surface area contributed by atoms with E-state index in [0.29, 0.717) is 23.5 Å². The summed E-state index contributed by atoms with van der Waals surface area (Å²) >= 11 is 0. The van der Waals surface area contributed by atoms with Gasteiger partial charge >= 0.3 is 0 Å². The van der Waals surface area contributed by atoms with Crippen LogP contribution in [0.5, 0.6) is 5.75 Å². The fraction of sp³-hybridized carbons (Fsp3) is 0.192. The van der Waals surface area contributed by atoms with Crippen molar-refractivity contribution in [2.24, 2.45) is 0 Å². The van der Waals surface area contributed by atoms with Gasteiger partial charge in [-0.1, -0.05) is 66.2 Å². The molecular formula is C26H25NO3. The van der Waals surface area contributed by atoms with Crippen LogP contribution < -0.4 is 9.64 Å². The normalized spacial score (nSPS) is 18.8. The molecule has 30 heavy (non-hydrogen) atoms. The Morgan fingerprint density at radius 3 is 2.43 bits per heavy atom. The second kappa shape index (κ2) is 7.81. The third-order valence-electron chi connectivity index (χ3n) is 5.78. The number of hydrogen-bond acceptors (Lipinski definition) is 3. The molecule has 0 unspecified atom stereocenters. The number of amides is 1. The van der Waals surface area contributed by atoms with Gasteiger partial charge in [0.05, 0.1) is 19.3 Å². The number of carbonyl (C=O) groups is 1. The van der Waals surface area contributed by atoms with E-state index in [0.717, 1.165) is 16.7 Å². The minimum atomic E-state index is -1.77. The molecule has 1 aliphatic rings. The van der Waals surface area contributed by atoms with Gasteiger partial charge in [0, 0.05) is 11.5 Å². The third-order valence-corrected chi connectivity index (χ3v) is 5.78. The Hall–Kier alpha value is -3.37. The summed E-state index contributed by atoms with van der Waals surface area (Å²) in [5.74, 6) is -0.367. The van der Waals surface area contributed by atoms with Gasteiger partial charge in [0.15, 0.2) is 5.60 Å². The zero-order chi connectivity index (χ0) is 21.3. The topological polar surface area (TPSA) is 49.8 Å². The number of methoxy groups -OCH3 is 1. The molecular weight excluding hydrogens is 374 g/mol. The van der Waals surface area contributed by atoms with Crippen LogP contribution in [-0.4, -0.2) is 18.1 Å². The lowest BCUT2D eigenvalue weighted by molar-refractivity contribution is -0.137. The van der Waals surface area contributed by atoms with E-state index in [9.17, 15) is 9.90 Å². The molecule has 1 aliphatic heterocycles. The van der Waals surface area contributed by atoms with E-state index in [2.05, 4.69) is 6.58 Å². The molecule has 0 fully saturated rings. The predicted molar refractivity (Wildman–Crippen MR) is 119 cm³/mol. The molecule has 4 rings (SSSR count). The zero-order valence-corrected chi connectivity index (χ0v) is 17.2. The SMILES string of the molecule is C=C[C@@H](c1ccccc1)[C@@]1(O)C(=O)N(Cc2ccc(C)cc2)c2ccc(OC)cc21. The lowest BCUT2D eigenvalue weighted by atomic mass is 9.78. The maximum Gasteiger partial charge on any atom is 0.264 e. The van der Waals surface area contributed by atoms with Crippen molar-refractivity contribution in [2.45, 2.75) is 25.0 Å². The van der Waals surface area contributed by atoms with Crippen molar-refractivity contribution in [3.8, 4) is 5.75 Å². The van der Waals surface area contributed by atoms with Gasteiger partial charge in [-0.2, -0.15) is 0 Å². The van der Waals surface area contributed by atoms with Gasteiger partial charge in [-0.3, -0.25) is 4.79 Å². The van der Waals surface area contributed by atoms with Crippen LogP contribution >= 0.6 is 0 Å². The van der Waals surface area contributed by atoms with Crippen molar-refractivity contribution in [3.05, 3.63) is 108 Å². The fourth-order valence-corrected chi connectivity index (χ4v) is 4.15. The first-order chi connectivity index (χ1) is 14.5. The van der Waals surface area contributed by atoms with Crippen molar-refractivity contribution >= 4 is 11.6 Å². The highest BCUT2D eigenvalue weighted by molar-refractivity contribution is 6.07. The molecule has 3 aromatic carbocycles. The average Bonchev–Trinajstić information content (AvgIpc) is 2.98. The molecule has 4 heteroatoms. The summed E-state index contributed by atoms with van der Waals surface area (Å²) in [6.45, 7) is 6.34. The van der Waals surface area contributed by atoms with Crippen LogP contribution in [0.15, 0.2) is 85.5 Å². The Kier molecular flexibility index (Phi) is 5.18. The molecule has 0 aliphatic carbocycles. The van der Waals surface area contributed by atoms with E-state index < -0.39 is 11.5 Å². The van der Waals surface area contributed by atoms with E-state index >= 15 is 0 Å². The number of rotatable bonds is 6. The van der Waals surface area contributed by atoms with Gasteiger partial charge in [-0.15, -0.1) is 6.58 Å². The maximum absolute atomic E-state index is 13.7. The first-order valence-corrected chi connectivity index (χ1v) is 9.95. The van der Waals surface area contributed by atoms with Crippen molar-refractivity contribution in [2.75, 3.05) is 12.0 Å². The van der Waals surface area contributed by atoms with Crippen molar-refractivity contribution in [1.82, 2.24) is 0 Å². The highest BCUT2D eigenvalue weighted by Crippen LogP contribution is 2.50. The standard InChI is InChI=1S/C26H25NO3/c1-4-22(20-8-6-5-7-9-20)26(29)23-16-21(30-3)14-15-24(23)27(25(26)28)17-19-12-10-18(2)11-13-19/h4-16,22,29H,1,17H2,2-3H3/t22-,26-/m0/s1. The monoisotopic (exact) mass is 399 g/mol. The van der Waals surface area contributed by atoms with Crippen LogP contribution in [0, 0.1) is 6.92 Å². The molecule has 0 aromatic heterocycles. The van der Waals surface area contributed by atoms with E-state index in [4.69, 9.17) is 4.74 Å². The molecule has 3 aromatic rings. The Morgan fingerprint density at radius 1 is 1.10 bits per heavy atom. The zero-order valence-electron chi connectivity index (χ0n) is 17.2. The summed E-state index contributed by atoms with van der Waals surface area (Å²) in [6.07, 6.45) is 1.64. The molecule has 1 heterocycles. The smallest absolute Gasteiger partial charge is 0.264 e. The molecule has 2 atom stereocenters. The molecule has 0 saturated carbocycles. The van der Waals surface area contributed by atoms with E-state index in [1.807, 2.05) is 73.7 Å². The summed E-state index contributed by atoms with van der Waals surface area (Å²) in [5.41, 5.74) is 2.44. The summed E-state index contributed by atoms with van der Waals surface area (Å²) < 4.78 is 5.39. The highest BCUT2D eigenvalue weighted by Gasteiger charge is 2.54. The van der Waals surface area contributed by atoms with Gasteiger partial charge in [0.25, 0.3) is 5.91 Å². The Morgan fingerprint density at radius 2 is 1.80 bits per heavy atom. The minimum Gasteiger partial charge on any atom is -0.497 e. The number of fused-ring (bicyclic) bond motifs is 1. The summed E-state index contributed by atoms with van der Waals surface area (Å²) in [6, 6.07) is 23.0. The summed E-state index contributed by atoms with van der Waals surface area (Å²) in [4.78, 5) is 15.4. The molecule has 0 radical (unpaired) electrons. The number of aliphatic hydroxyl groups is 1. The van der Waals surface area contributed by atoms with Gasteiger partial charge in [-0.05, 0) is 36.2 Å². The first kappa shape index (κ1) is 19.9. The lowest BCUT2D eigenvalue weighted by Gasteiger charge is -2.30. The minimum absolute atomic E-state index is 0.361. The third kappa shape index (κ3) is 3.19. The number of hydrogen-bond donors (Lipinski definition) is 1. The fourth-order valence-electron chi connectivity index (χ4n) is 4.15. The molecule has 1 N–H and O–H groups in total. The Balaban J connectivity index is 1.84. The molecule has 0 saturated heterocycles. The van der Waals surface area contributed by atoms with Crippen molar-refractivity contribution < 1.29 is 14.6 Å². The second-order valence-electron chi connectivity index (χ2n) is 7.65. The molecule has 0 spiro atoms. The molecule has 152 valence electrons. The largest absolute Gasteiger partial charge is 0.497 e. The van der Waals surface area contributed by atoms with Crippen LogP contribution in [-0.2, 0) is 16.9 Å². The van der Waals surface area contributed by atoms with Crippen molar-refractivity contribution in [3.63, 3.8) is 0 Å². The first-order valence-electron chi connectivity index (χ1n) is 9.95. The van der Waals surface area contributed by atoms with Crippen LogP contribution in [0.4, 0.5) is 5.69 Å². The maximum atomic E-state index is 13.7. The van der Waals surface area contributed by atoms with Crippen molar-refractivity contribution in [1.29, 1.82) is 0 Å². The quantitative estimate of drug-likeness (QED) is 0.611. The molecule has 1 amide bonds. The number of aryl methyl sites for hydroxylation is 1. The van der Waals surface area contributed by atoms with E-state index in [1.54, 1.807) is 24.2 Å². The number of nitrogens with zero attached hydrogens (tertiary/aromatic N) is 1. The predicted octanol–water partition coefficient (Wildman–Crippen LogP) is 4.71. The van der Waals surface area contributed by atoms with E-state index in [-0.39, 0.29) is 5.91 Å². The number of benzene rings is 3. The number of carbonyl (C=O) groups excluding carboxylic acids is 1. The summed E-state index contributed by atoms with van der Waals surface area (Å²) in [7, 11) is 1.57. The number of anilines is 1. The average molecular weight is 399 g/mol. The summed E-state index contributed by atoms with van der Waals surface area (Å²) in [5, 5.41) is 11.9. The second-order valence-corrected chi connectivity index (χ2v) is 7.65. The molecule has 0 bridgehead atoms. The van der Waals surface area contributed by atoms with Crippen LogP contribution in [0.3, 0.4) is 0 Å². The van der Waals surface area contributed by atoms with E-state index in [1.165, 1.54) is 0 Å². The van der Waals surface area contributed by atoms with Gasteiger partial charge in [-0.25, -0.2) is 0 Å². The van der Waals surface area contributed by atoms with Crippen LogP contribution in [0.2, 0.25) is 0 Å². The van der Waals surface area contributed by atoms with Gasteiger partial charge in [0.2, 0.25) is 0 Å². The highest BCUT2D eigenvalue weighted by atomic mass is 16.5. The number of ether oxygens (including phenoxy) is 1. The van der Waals surface area contributed by atoms with Gasteiger partial charge < -0.3 is 14.7 Å².